The molecule has 1 aromatic carbocycles. The van der Waals surface area contributed by atoms with Gasteiger partial charge in [0.05, 0.1) is 12.7 Å². The molecule has 0 atom stereocenters. The summed E-state index contributed by atoms with van der Waals surface area (Å²) < 4.78 is 43.5. The number of aromatic hydroxyl groups is 1. The van der Waals surface area contributed by atoms with E-state index in [9.17, 15) is 23.1 Å². The molecule has 0 spiro atoms. The zero-order valence-corrected chi connectivity index (χ0v) is 15.9. The van der Waals surface area contributed by atoms with Crippen LogP contribution in [0, 0.1) is 0 Å². The molecule has 0 radical (unpaired) electrons. The smallest absolute Gasteiger partial charge is 0.416 e. The summed E-state index contributed by atoms with van der Waals surface area (Å²) in [6.45, 7) is 1.69. The van der Waals surface area contributed by atoms with Gasteiger partial charge in [0.1, 0.15) is 0 Å². The van der Waals surface area contributed by atoms with Crippen molar-refractivity contribution in [3.05, 3.63) is 53.3 Å². The van der Waals surface area contributed by atoms with Crippen molar-refractivity contribution < 1.29 is 27.8 Å². The van der Waals surface area contributed by atoms with Crippen LogP contribution in [0.15, 0.2) is 36.5 Å². The third-order valence-electron chi connectivity index (χ3n) is 4.91. The predicted molar refractivity (Wildman–Crippen MR) is 99.7 cm³/mol. The molecular weight excluding hydrogens is 387 g/mol. The van der Waals surface area contributed by atoms with Crippen molar-refractivity contribution in [3.8, 4) is 11.5 Å². The second-order valence-electron chi connectivity index (χ2n) is 6.93. The van der Waals surface area contributed by atoms with Crippen LogP contribution in [0.2, 0.25) is 0 Å². The number of carbonyl (C=O) groups excluding carboxylic acids is 1. The number of hydrogen-bond acceptors (Lipinski definition) is 5. The maximum atomic E-state index is 12.9. The highest BCUT2D eigenvalue weighted by molar-refractivity contribution is 5.95. The number of halogens is 3. The first-order valence-electron chi connectivity index (χ1n) is 9.19. The molecule has 6 nitrogen and oxygen atoms in total. The van der Waals surface area contributed by atoms with E-state index in [2.05, 4.69) is 15.2 Å². The van der Waals surface area contributed by atoms with Gasteiger partial charge in [0.2, 0.25) is 0 Å². The number of ether oxygens (including phenoxy) is 1. The zero-order valence-electron chi connectivity index (χ0n) is 15.9. The number of aromatic nitrogens is 1. The monoisotopic (exact) mass is 409 g/mol. The fourth-order valence-electron chi connectivity index (χ4n) is 3.36. The topological polar surface area (TPSA) is 74.7 Å². The average Bonchev–Trinajstić information content (AvgIpc) is 2.69. The minimum Gasteiger partial charge on any atom is -0.503 e. The number of piperidine rings is 1. The molecule has 1 amide bonds. The van der Waals surface area contributed by atoms with E-state index in [1.54, 1.807) is 6.07 Å². The maximum Gasteiger partial charge on any atom is 0.416 e. The molecule has 0 bridgehead atoms. The Balaban J connectivity index is 1.54. The van der Waals surface area contributed by atoms with Crippen LogP contribution in [0.1, 0.15) is 34.5 Å². The molecule has 2 heterocycles. The molecule has 1 aromatic heterocycles. The molecule has 29 heavy (non-hydrogen) atoms. The number of benzene rings is 1. The molecular formula is C20H22F3N3O3. The number of nitrogens with one attached hydrogen (secondary N) is 1. The van der Waals surface area contributed by atoms with Crippen molar-refractivity contribution in [1.29, 1.82) is 0 Å². The van der Waals surface area contributed by atoms with Crippen LogP contribution in [0.3, 0.4) is 0 Å². The molecule has 0 aliphatic carbocycles. The van der Waals surface area contributed by atoms with Gasteiger partial charge in [0, 0.05) is 37.9 Å². The summed E-state index contributed by atoms with van der Waals surface area (Å²) in [5.74, 6) is -0.631. The number of hydrogen-bond donors (Lipinski definition) is 2. The van der Waals surface area contributed by atoms with Crippen molar-refractivity contribution in [2.24, 2.45) is 0 Å². The van der Waals surface area contributed by atoms with Crippen molar-refractivity contribution >= 4 is 5.91 Å². The molecule has 3 rings (SSSR count). The number of nitrogens with zero attached hydrogens (tertiary/aromatic N) is 2. The van der Waals surface area contributed by atoms with E-state index < -0.39 is 17.6 Å². The van der Waals surface area contributed by atoms with Crippen LogP contribution in [0.4, 0.5) is 13.2 Å². The number of alkyl halides is 3. The number of likely N-dealkylation sites (tertiary alicyclic amines) is 1. The lowest BCUT2D eigenvalue weighted by molar-refractivity contribution is -0.137. The Morgan fingerprint density at radius 2 is 2.03 bits per heavy atom. The van der Waals surface area contributed by atoms with Gasteiger partial charge < -0.3 is 15.2 Å². The number of carbonyl (C=O) groups is 1. The van der Waals surface area contributed by atoms with Crippen molar-refractivity contribution in [1.82, 2.24) is 15.2 Å². The van der Waals surface area contributed by atoms with E-state index in [1.807, 2.05) is 0 Å². The first-order valence-corrected chi connectivity index (χ1v) is 9.19. The summed E-state index contributed by atoms with van der Waals surface area (Å²) in [4.78, 5) is 18.4. The fraction of sp³-hybridized carbons (Fsp3) is 0.400. The van der Waals surface area contributed by atoms with Crippen LogP contribution in [-0.2, 0) is 12.7 Å². The third-order valence-corrected chi connectivity index (χ3v) is 4.91. The first kappa shape index (κ1) is 20.9. The zero-order chi connectivity index (χ0) is 21.0. The van der Waals surface area contributed by atoms with Crippen molar-refractivity contribution in [2.45, 2.75) is 31.6 Å². The Kier molecular flexibility index (Phi) is 6.26. The molecule has 1 saturated heterocycles. The molecule has 156 valence electrons. The van der Waals surface area contributed by atoms with Crippen LogP contribution in [-0.4, -0.2) is 47.1 Å². The predicted octanol–water partition coefficient (Wildman–Crippen LogP) is 3.21. The standard InChI is InChI=1S/C20H22F3N3O3/c1-29-16-5-8-24-17(18(16)27)19(28)25-15-6-9-26(10-7-15)12-13-3-2-4-14(11-13)20(21,22)23/h2-5,8,11,15,27H,6-7,9-10,12H2,1H3,(H,25,28). The van der Waals surface area contributed by atoms with Gasteiger partial charge in [0.25, 0.3) is 5.91 Å². The minimum absolute atomic E-state index is 0.101. The fourth-order valence-corrected chi connectivity index (χ4v) is 3.36. The lowest BCUT2D eigenvalue weighted by Crippen LogP contribution is -2.44. The lowest BCUT2D eigenvalue weighted by Gasteiger charge is -2.32. The summed E-state index contributed by atoms with van der Waals surface area (Å²) in [7, 11) is 1.39. The molecule has 1 fully saturated rings. The number of methoxy groups -OCH3 is 1. The van der Waals surface area contributed by atoms with Crippen molar-refractivity contribution in [2.75, 3.05) is 20.2 Å². The molecule has 2 N–H and O–H groups in total. The molecule has 2 aromatic rings. The van der Waals surface area contributed by atoms with Crippen molar-refractivity contribution in [3.63, 3.8) is 0 Å². The highest BCUT2D eigenvalue weighted by Gasteiger charge is 2.30. The second-order valence-corrected chi connectivity index (χ2v) is 6.93. The largest absolute Gasteiger partial charge is 0.503 e. The molecule has 1 aliphatic rings. The Hall–Kier alpha value is -2.81. The van der Waals surface area contributed by atoms with Gasteiger partial charge in [-0.3, -0.25) is 9.69 Å². The molecule has 1 aliphatic heterocycles. The normalized spacial score (nSPS) is 15.9. The van der Waals surface area contributed by atoms with Gasteiger partial charge in [-0.05, 0) is 24.5 Å². The van der Waals surface area contributed by atoms with E-state index in [0.29, 0.717) is 38.0 Å². The van der Waals surface area contributed by atoms with Gasteiger partial charge in [-0.1, -0.05) is 18.2 Å². The van der Waals surface area contributed by atoms with Crippen LogP contribution in [0.25, 0.3) is 0 Å². The third kappa shape index (κ3) is 5.17. The number of amides is 1. The van der Waals surface area contributed by atoms with E-state index in [0.717, 1.165) is 6.07 Å². The molecule has 0 saturated carbocycles. The Bertz CT molecular complexity index is 866. The Labute approximate surface area is 166 Å². The summed E-state index contributed by atoms with van der Waals surface area (Å²) in [6, 6.07) is 6.68. The van der Waals surface area contributed by atoms with E-state index in [4.69, 9.17) is 4.74 Å². The van der Waals surface area contributed by atoms with E-state index in [-0.39, 0.29) is 23.2 Å². The van der Waals surface area contributed by atoms with Gasteiger partial charge >= 0.3 is 6.18 Å². The minimum atomic E-state index is -4.35. The molecule has 0 unspecified atom stereocenters. The first-order chi connectivity index (χ1) is 13.8. The van der Waals surface area contributed by atoms with E-state index in [1.165, 1.54) is 31.5 Å². The van der Waals surface area contributed by atoms with Crippen LogP contribution in [0.5, 0.6) is 11.5 Å². The quantitative estimate of drug-likeness (QED) is 0.793. The highest BCUT2D eigenvalue weighted by atomic mass is 19.4. The van der Waals surface area contributed by atoms with Gasteiger partial charge in [-0.15, -0.1) is 0 Å². The lowest BCUT2D eigenvalue weighted by atomic mass is 10.0. The Morgan fingerprint density at radius 1 is 1.31 bits per heavy atom. The summed E-state index contributed by atoms with van der Waals surface area (Å²) in [5.41, 5.74) is -0.147. The second kappa shape index (κ2) is 8.69. The number of rotatable bonds is 5. The summed E-state index contributed by atoms with van der Waals surface area (Å²) in [5, 5.41) is 12.9. The highest BCUT2D eigenvalue weighted by Crippen LogP contribution is 2.30. The van der Waals surface area contributed by atoms with Gasteiger partial charge in [-0.2, -0.15) is 13.2 Å². The SMILES string of the molecule is COc1ccnc(C(=O)NC2CCN(Cc3cccc(C(F)(F)F)c3)CC2)c1O. The Morgan fingerprint density at radius 3 is 2.69 bits per heavy atom. The number of pyridine rings is 1. The van der Waals surface area contributed by atoms with E-state index >= 15 is 0 Å². The average molecular weight is 409 g/mol. The summed E-state index contributed by atoms with van der Waals surface area (Å²) in [6.07, 6.45) is -1.68. The molecule has 9 heteroatoms. The van der Waals surface area contributed by atoms with Gasteiger partial charge in [0.15, 0.2) is 17.2 Å². The van der Waals surface area contributed by atoms with Crippen LogP contribution < -0.4 is 10.1 Å². The summed E-state index contributed by atoms with van der Waals surface area (Å²) >= 11 is 0. The maximum absolute atomic E-state index is 12.9. The van der Waals surface area contributed by atoms with Crippen LogP contribution >= 0.6 is 0 Å². The van der Waals surface area contributed by atoms with Gasteiger partial charge in [-0.25, -0.2) is 4.98 Å².